The molecule has 1 unspecified atom stereocenters. The third-order valence-corrected chi connectivity index (χ3v) is 2.95. The number of carboxylic acid groups (broad SMARTS) is 1. The molecule has 0 fully saturated rings. The Morgan fingerprint density at radius 2 is 2.28 bits per heavy atom. The Kier molecular flexibility index (Phi) is 4.92. The lowest BCUT2D eigenvalue weighted by Crippen LogP contribution is -2.20. The monoisotopic (exact) mass is 336 g/mol. The summed E-state index contributed by atoms with van der Waals surface area (Å²) in [5, 5.41) is 22.6. The van der Waals surface area contributed by atoms with Crippen LogP contribution in [0.5, 0.6) is 0 Å². The molecule has 0 bridgehead atoms. The summed E-state index contributed by atoms with van der Waals surface area (Å²) in [5.41, 5.74) is 0.0183. The van der Waals surface area contributed by atoms with Crippen LogP contribution in [0.25, 0.3) is 0 Å². The Morgan fingerprint density at radius 3 is 2.78 bits per heavy atom. The summed E-state index contributed by atoms with van der Waals surface area (Å²) in [6, 6.07) is 2.27. The average Bonchev–Trinajstić information content (AvgIpc) is 2.20. The van der Waals surface area contributed by atoms with Crippen molar-refractivity contribution in [3.05, 3.63) is 31.7 Å². The Balaban J connectivity index is 3.07. The SMILES string of the molecule is CC(CC(=O)O)Nc1c(Br)cc(Cl)cc1[N+](=O)[O-]. The maximum Gasteiger partial charge on any atom is 0.305 e. The van der Waals surface area contributed by atoms with Crippen LogP contribution in [0.2, 0.25) is 5.02 Å². The first-order valence-corrected chi connectivity index (χ1v) is 6.10. The van der Waals surface area contributed by atoms with Crippen LogP contribution in [0.1, 0.15) is 13.3 Å². The van der Waals surface area contributed by atoms with E-state index in [1.165, 1.54) is 12.1 Å². The van der Waals surface area contributed by atoms with Crippen molar-refractivity contribution in [1.82, 2.24) is 0 Å². The molecule has 1 aromatic rings. The smallest absolute Gasteiger partial charge is 0.305 e. The van der Waals surface area contributed by atoms with Crippen molar-refractivity contribution < 1.29 is 14.8 Å². The summed E-state index contributed by atoms with van der Waals surface area (Å²) >= 11 is 8.89. The molecule has 0 radical (unpaired) electrons. The molecule has 1 atom stereocenters. The molecule has 1 rings (SSSR count). The lowest BCUT2D eigenvalue weighted by atomic mass is 10.2. The zero-order chi connectivity index (χ0) is 13.9. The molecular formula is C10H10BrClN2O4. The maximum atomic E-state index is 10.9. The number of benzene rings is 1. The molecule has 2 N–H and O–H groups in total. The third-order valence-electron chi connectivity index (χ3n) is 2.10. The fourth-order valence-electron chi connectivity index (χ4n) is 1.41. The molecule has 0 aliphatic heterocycles. The minimum absolute atomic E-state index is 0.147. The number of halogens is 2. The van der Waals surface area contributed by atoms with Crippen molar-refractivity contribution in [2.75, 3.05) is 5.32 Å². The number of nitrogens with zero attached hydrogens (tertiary/aromatic N) is 1. The second-order valence-corrected chi connectivity index (χ2v) is 4.97. The number of anilines is 1. The van der Waals surface area contributed by atoms with E-state index in [4.69, 9.17) is 16.7 Å². The molecule has 18 heavy (non-hydrogen) atoms. The lowest BCUT2D eigenvalue weighted by molar-refractivity contribution is -0.384. The molecule has 0 saturated carbocycles. The molecule has 0 aromatic heterocycles. The average molecular weight is 338 g/mol. The van der Waals surface area contributed by atoms with Gasteiger partial charge in [-0.1, -0.05) is 11.6 Å². The lowest BCUT2D eigenvalue weighted by Gasteiger charge is -2.14. The maximum absolute atomic E-state index is 10.9. The van der Waals surface area contributed by atoms with Crippen LogP contribution in [-0.4, -0.2) is 22.0 Å². The van der Waals surface area contributed by atoms with Gasteiger partial charge in [0.05, 0.1) is 11.3 Å². The van der Waals surface area contributed by atoms with Crippen LogP contribution >= 0.6 is 27.5 Å². The molecular weight excluding hydrogens is 327 g/mol. The van der Waals surface area contributed by atoms with E-state index in [0.717, 1.165) is 0 Å². The summed E-state index contributed by atoms with van der Waals surface area (Å²) < 4.78 is 0.416. The molecule has 0 spiro atoms. The molecule has 0 aliphatic rings. The van der Waals surface area contributed by atoms with Crippen LogP contribution in [0.4, 0.5) is 11.4 Å². The minimum Gasteiger partial charge on any atom is -0.481 e. The van der Waals surface area contributed by atoms with E-state index in [-0.39, 0.29) is 22.8 Å². The topological polar surface area (TPSA) is 92.5 Å². The van der Waals surface area contributed by atoms with Gasteiger partial charge in [-0.25, -0.2) is 0 Å². The number of rotatable bonds is 5. The Hall–Kier alpha value is -1.34. The number of carboxylic acids is 1. The summed E-state index contributed by atoms with van der Waals surface area (Å²) in [6.45, 7) is 1.62. The first-order chi connectivity index (χ1) is 8.31. The van der Waals surface area contributed by atoms with E-state index in [1.807, 2.05) is 0 Å². The summed E-state index contributed by atoms with van der Waals surface area (Å²) in [4.78, 5) is 20.9. The molecule has 6 nitrogen and oxygen atoms in total. The van der Waals surface area contributed by atoms with Gasteiger partial charge in [0.15, 0.2) is 0 Å². The van der Waals surface area contributed by atoms with Crippen LogP contribution in [0.15, 0.2) is 16.6 Å². The number of nitrogens with one attached hydrogen (secondary N) is 1. The predicted octanol–water partition coefficient (Wildman–Crippen LogP) is 3.29. The Morgan fingerprint density at radius 1 is 1.67 bits per heavy atom. The zero-order valence-electron chi connectivity index (χ0n) is 9.31. The van der Waals surface area contributed by atoms with E-state index >= 15 is 0 Å². The first-order valence-electron chi connectivity index (χ1n) is 4.93. The predicted molar refractivity (Wildman–Crippen MR) is 71.1 cm³/mol. The normalized spacial score (nSPS) is 11.9. The molecule has 0 saturated heterocycles. The highest BCUT2D eigenvalue weighted by atomic mass is 79.9. The number of hydrogen-bond donors (Lipinski definition) is 2. The second-order valence-electron chi connectivity index (χ2n) is 3.68. The van der Waals surface area contributed by atoms with Gasteiger partial charge in [0.25, 0.3) is 5.69 Å². The van der Waals surface area contributed by atoms with Gasteiger partial charge in [-0.3, -0.25) is 14.9 Å². The van der Waals surface area contributed by atoms with Gasteiger partial charge in [0.2, 0.25) is 0 Å². The molecule has 8 heteroatoms. The summed E-state index contributed by atoms with van der Waals surface area (Å²) in [6.07, 6.45) is -0.147. The number of carbonyl (C=O) groups is 1. The Labute approximate surface area is 116 Å². The van der Waals surface area contributed by atoms with E-state index in [9.17, 15) is 14.9 Å². The van der Waals surface area contributed by atoms with E-state index in [1.54, 1.807) is 6.92 Å². The number of hydrogen-bond acceptors (Lipinski definition) is 4. The molecule has 1 aromatic carbocycles. The summed E-state index contributed by atoms with van der Waals surface area (Å²) in [5.74, 6) is -0.984. The van der Waals surface area contributed by atoms with Crippen LogP contribution in [-0.2, 0) is 4.79 Å². The van der Waals surface area contributed by atoms with Gasteiger partial charge in [-0.05, 0) is 28.9 Å². The van der Waals surface area contributed by atoms with Crippen molar-refractivity contribution in [3.8, 4) is 0 Å². The van der Waals surface area contributed by atoms with Gasteiger partial charge < -0.3 is 10.4 Å². The van der Waals surface area contributed by atoms with Crippen LogP contribution in [0, 0.1) is 10.1 Å². The quantitative estimate of drug-likeness (QED) is 0.635. The van der Waals surface area contributed by atoms with Crippen molar-refractivity contribution in [1.29, 1.82) is 0 Å². The fraction of sp³-hybridized carbons (Fsp3) is 0.300. The summed E-state index contributed by atoms with van der Waals surface area (Å²) in [7, 11) is 0. The van der Waals surface area contributed by atoms with E-state index in [0.29, 0.717) is 4.47 Å². The van der Waals surface area contributed by atoms with Crippen LogP contribution < -0.4 is 5.32 Å². The fourth-order valence-corrected chi connectivity index (χ4v) is 2.31. The zero-order valence-corrected chi connectivity index (χ0v) is 11.7. The minimum atomic E-state index is -0.984. The molecule has 0 amide bonds. The van der Waals surface area contributed by atoms with E-state index < -0.39 is 16.9 Å². The van der Waals surface area contributed by atoms with Gasteiger partial charge in [-0.15, -0.1) is 0 Å². The van der Waals surface area contributed by atoms with Crippen molar-refractivity contribution in [2.45, 2.75) is 19.4 Å². The van der Waals surface area contributed by atoms with Gasteiger partial charge in [0, 0.05) is 21.6 Å². The van der Waals surface area contributed by atoms with Crippen molar-refractivity contribution in [2.24, 2.45) is 0 Å². The Bertz CT molecular complexity index is 495. The standard InChI is InChI=1S/C10H10BrClN2O4/c1-5(2-9(15)16)13-10-7(11)3-6(12)4-8(10)14(17)18/h3-5,13H,2H2,1H3,(H,15,16). The highest BCUT2D eigenvalue weighted by Gasteiger charge is 2.20. The number of nitro benzene ring substituents is 1. The van der Waals surface area contributed by atoms with Gasteiger partial charge >= 0.3 is 5.97 Å². The largest absolute Gasteiger partial charge is 0.481 e. The molecule has 0 aliphatic carbocycles. The van der Waals surface area contributed by atoms with Crippen molar-refractivity contribution >= 4 is 44.9 Å². The molecule has 98 valence electrons. The van der Waals surface area contributed by atoms with E-state index in [2.05, 4.69) is 21.2 Å². The molecule has 0 heterocycles. The third kappa shape index (κ3) is 3.85. The van der Waals surface area contributed by atoms with Crippen LogP contribution in [0.3, 0.4) is 0 Å². The number of nitro groups is 1. The highest BCUT2D eigenvalue weighted by Crippen LogP contribution is 2.36. The second kappa shape index (κ2) is 6.01. The highest BCUT2D eigenvalue weighted by molar-refractivity contribution is 9.10. The number of aliphatic carboxylic acids is 1. The van der Waals surface area contributed by atoms with Gasteiger partial charge in [-0.2, -0.15) is 0 Å². The van der Waals surface area contributed by atoms with Crippen molar-refractivity contribution in [3.63, 3.8) is 0 Å². The van der Waals surface area contributed by atoms with Gasteiger partial charge in [0.1, 0.15) is 5.69 Å². The first kappa shape index (κ1) is 14.7.